The summed E-state index contributed by atoms with van der Waals surface area (Å²) in [7, 11) is 0. The van der Waals surface area contributed by atoms with Crippen LogP contribution in [-0.2, 0) is 0 Å². The molecule has 20 heavy (non-hydrogen) atoms. The molecule has 2 N–H and O–H groups in total. The zero-order valence-electron chi connectivity index (χ0n) is 12.0. The average molecular weight is 271 g/mol. The molecule has 2 aromatic carbocycles. The number of hydrogen-bond donors (Lipinski definition) is 1. The second-order valence-corrected chi connectivity index (χ2v) is 4.72. The van der Waals surface area contributed by atoms with Gasteiger partial charge < -0.3 is 15.2 Å². The summed E-state index contributed by atoms with van der Waals surface area (Å²) in [5.74, 6) is 1.56. The highest BCUT2D eigenvalue weighted by molar-refractivity contribution is 5.42. The van der Waals surface area contributed by atoms with Crippen molar-refractivity contribution in [1.29, 1.82) is 0 Å². The number of ether oxygens (including phenoxy) is 2. The van der Waals surface area contributed by atoms with Crippen molar-refractivity contribution >= 4 is 5.69 Å². The molecule has 0 radical (unpaired) electrons. The summed E-state index contributed by atoms with van der Waals surface area (Å²) in [6, 6.07) is 15.5. The summed E-state index contributed by atoms with van der Waals surface area (Å²) < 4.78 is 11.7. The summed E-state index contributed by atoms with van der Waals surface area (Å²) in [6.45, 7) is 4.79. The molecular formula is C17H21NO2. The molecule has 0 heterocycles. The Morgan fingerprint density at radius 2 is 1.65 bits per heavy atom. The molecular weight excluding hydrogens is 250 g/mol. The van der Waals surface area contributed by atoms with Crippen LogP contribution in [0, 0.1) is 0 Å². The first-order chi connectivity index (χ1) is 9.70. The van der Waals surface area contributed by atoms with Crippen LogP contribution in [0.1, 0.15) is 31.9 Å². The maximum absolute atomic E-state index is 6.00. The minimum absolute atomic E-state index is 0.0537. The normalized spacial score (nSPS) is 11.9. The third-order valence-corrected chi connectivity index (χ3v) is 3.02. The Labute approximate surface area is 120 Å². The van der Waals surface area contributed by atoms with E-state index >= 15 is 0 Å². The molecule has 0 fully saturated rings. The fraction of sp³-hybridized carbons (Fsp3) is 0.294. The summed E-state index contributed by atoms with van der Waals surface area (Å²) in [6.07, 6.45) is 0.920. The minimum Gasteiger partial charge on any atom is -0.490 e. The van der Waals surface area contributed by atoms with Crippen LogP contribution >= 0.6 is 0 Å². The van der Waals surface area contributed by atoms with Crippen molar-refractivity contribution in [2.45, 2.75) is 26.4 Å². The topological polar surface area (TPSA) is 44.5 Å². The third-order valence-electron chi connectivity index (χ3n) is 3.02. The minimum atomic E-state index is -0.0537. The Bertz CT molecular complexity index is 537. The van der Waals surface area contributed by atoms with Crippen LogP contribution < -0.4 is 15.2 Å². The van der Waals surface area contributed by atoms with E-state index in [2.05, 4.69) is 6.92 Å². The Balaban J connectivity index is 2.10. The quantitative estimate of drug-likeness (QED) is 0.801. The predicted molar refractivity (Wildman–Crippen MR) is 82.1 cm³/mol. The van der Waals surface area contributed by atoms with Crippen molar-refractivity contribution in [3.63, 3.8) is 0 Å². The Morgan fingerprint density at radius 3 is 2.30 bits per heavy atom. The van der Waals surface area contributed by atoms with Gasteiger partial charge >= 0.3 is 0 Å². The van der Waals surface area contributed by atoms with Crippen LogP contribution in [-0.4, -0.2) is 6.61 Å². The van der Waals surface area contributed by atoms with Gasteiger partial charge in [-0.3, -0.25) is 0 Å². The van der Waals surface area contributed by atoms with Crippen LogP contribution in [0.15, 0.2) is 48.5 Å². The molecule has 2 rings (SSSR count). The lowest BCUT2D eigenvalue weighted by Gasteiger charge is -2.18. The second-order valence-electron chi connectivity index (χ2n) is 4.72. The molecule has 2 aromatic rings. The SMILES string of the molecule is CCCOc1ccccc1OC(C)c1ccc(N)cc1. The monoisotopic (exact) mass is 271 g/mol. The van der Waals surface area contributed by atoms with E-state index in [0.717, 1.165) is 29.2 Å². The van der Waals surface area contributed by atoms with E-state index in [9.17, 15) is 0 Å². The fourth-order valence-corrected chi connectivity index (χ4v) is 1.90. The summed E-state index contributed by atoms with van der Waals surface area (Å²) >= 11 is 0. The number of benzene rings is 2. The summed E-state index contributed by atoms with van der Waals surface area (Å²) in [5.41, 5.74) is 7.54. The lowest BCUT2D eigenvalue weighted by molar-refractivity contribution is 0.208. The summed E-state index contributed by atoms with van der Waals surface area (Å²) in [4.78, 5) is 0. The van der Waals surface area contributed by atoms with Gasteiger partial charge in [-0.25, -0.2) is 0 Å². The standard InChI is InChI=1S/C17H21NO2/c1-3-12-19-16-6-4-5-7-17(16)20-13(2)14-8-10-15(18)11-9-14/h4-11,13H,3,12,18H2,1-2H3. The zero-order chi connectivity index (χ0) is 14.4. The van der Waals surface area contributed by atoms with Crippen molar-refractivity contribution in [2.75, 3.05) is 12.3 Å². The molecule has 0 saturated carbocycles. The largest absolute Gasteiger partial charge is 0.490 e. The number of rotatable bonds is 6. The number of hydrogen-bond acceptors (Lipinski definition) is 3. The number of anilines is 1. The van der Waals surface area contributed by atoms with Crippen molar-refractivity contribution in [1.82, 2.24) is 0 Å². The van der Waals surface area contributed by atoms with E-state index < -0.39 is 0 Å². The van der Waals surface area contributed by atoms with Gasteiger partial charge in [0, 0.05) is 5.69 Å². The van der Waals surface area contributed by atoms with E-state index in [1.807, 2.05) is 55.5 Å². The van der Waals surface area contributed by atoms with E-state index in [1.54, 1.807) is 0 Å². The van der Waals surface area contributed by atoms with Crippen molar-refractivity contribution in [2.24, 2.45) is 0 Å². The zero-order valence-corrected chi connectivity index (χ0v) is 12.0. The van der Waals surface area contributed by atoms with E-state index in [-0.39, 0.29) is 6.10 Å². The lowest BCUT2D eigenvalue weighted by Crippen LogP contribution is -2.05. The molecule has 3 nitrogen and oxygen atoms in total. The molecule has 0 spiro atoms. The van der Waals surface area contributed by atoms with Gasteiger partial charge in [-0.1, -0.05) is 31.2 Å². The molecule has 1 atom stereocenters. The van der Waals surface area contributed by atoms with Gasteiger partial charge in [0.25, 0.3) is 0 Å². The lowest BCUT2D eigenvalue weighted by atomic mass is 10.1. The third kappa shape index (κ3) is 3.67. The molecule has 1 unspecified atom stereocenters. The number of nitrogen functional groups attached to an aromatic ring is 1. The van der Waals surface area contributed by atoms with E-state index in [0.29, 0.717) is 6.61 Å². The van der Waals surface area contributed by atoms with Gasteiger partial charge in [-0.05, 0) is 43.2 Å². The van der Waals surface area contributed by atoms with Crippen molar-refractivity contribution < 1.29 is 9.47 Å². The molecule has 0 aliphatic rings. The van der Waals surface area contributed by atoms with Crippen molar-refractivity contribution in [3.8, 4) is 11.5 Å². The first-order valence-electron chi connectivity index (χ1n) is 6.94. The van der Waals surface area contributed by atoms with Gasteiger partial charge in [0.1, 0.15) is 6.10 Å². The number of nitrogens with two attached hydrogens (primary N) is 1. The molecule has 0 saturated heterocycles. The van der Waals surface area contributed by atoms with Gasteiger partial charge in [-0.2, -0.15) is 0 Å². The molecule has 0 aliphatic carbocycles. The van der Waals surface area contributed by atoms with E-state index in [4.69, 9.17) is 15.2 Å². The Morgan fingerprint density at radius 1 is 1.00 bits per heavy atom. The maximum Gasteiger partial charge on any atom is 0.162 e. The van der Waals surface area contributed by atoms with Crippen molar-refractivity contribution in [3.05, 3.63) is 54.1 Å². The molecule has 0 bridgehead atoms. The molecule has 0 aliphatic heterocycles. The highest BCUT2D eigenvalue weighted by atomic mass is 16.5. The van der Waals surface area contributed by atoms with Crippen LogP contribution in [0.5, 0.6) is 11.5 Å². The van der Waals surface area contributed by atoms with Crippen LogP contribution in [0.3, 0.4) is 0 Å². The van der Waals surface area contributed by atoms with Gasteiger partial charge in [0.05, 0.1) is 6.61 Å². The van der Waals surface area contributed by atoms with Crippen LogP contribution in [0.2, 0.25) is 0 Å². The first-order valence-corrected chi connectivity index (χ1v) is 6.94. The molecule has 3 heteroatoms. The predicted octanol–water partition coefficient (Wildman–Crippen LogP) is 4.20. The smallest absolute Gasteiger partial charge is 0.162 e. The van der Waals surface area contributed by atoms with Gasteiger partial charge in [-0.15, -0.1) is 0 Å². The number of para-hydroxylation sites is 2. The van der Waals surface area contributed by atoms with Gasteiger partial charge in [0.15, 0.2) is 11.5 Å². The Hall–Kier alpha value is -2.16. The van der Waals surface area contributed by atoms with Crippen LogP contribution in [0.4, 0.5) is 5.69 Å². The van der Waals surface area contributed by atoms with E-state index in [1.165, 1.54) is 0 Å². The molecule has 0 aromatic heterocycles. The maximum atomic E-state index is 6.00. The Kier molecular flexibility index (Phi) is 4.88. The fourth-order valence-electron chi connectivity index (χ4n) is 1.90. The average Bonchev–Trinajstić information content (AvgIpc) is 2.47. The van der Waals surface area contributed by atoms with Crippen LogP contribution in [0.25, 0.3) is 0 Å². The first kappa shape index (κ1) is 14.3. The van der Waals surface area contributed by atoms with Gasteiger partial charge in [0.2, 0.25) is 0 Å². The molecule has 106 valence electrons. The highest BCUT2D eigenvalue weighted by Gasteiger charge is 2.10. The summed E-state index contributed by atoms with van der Waals surface area (Å²) in [5, 5.41) is 0. The molecule has 0 amide bonds. The second kappa shape index (κ2) is 6.85. The highest BCUT2D eigenvalue weighted by Crippen LogP contribution is 2.31.